The molecule has 0 amide bonds. The van der Waals surface area contributed by atoms with Gasteiger partial charge >= 0.3 is 0 Å². The number of fused-ring (bicyclic) bond motifs is 1. The summed E-state index contributed by atoms with van der Waals surface area (Å²) in [5, 5.41) is 0. The molecule has 0 saturated heterocycles. The summed E-state index contributed by atoms with van der Waals surface area (Å²) in [7, 11) is 3.73. The summed E-state index contributed by atoms with van der Waals surface area (Å²) in [5.74, 6) is 1.81. The molecule has 0 saturated carbocycles. The second-order valence-electron chi connectivity index (χ2n) is 3.10. The molecule has 1 aliphatic heterocycles. The first-order valence-corrected chi connectivity index (χ1v) is 4.33. The lowest BCUT2D eigenvalue weighted by atomic mass is 10.2. The average molecular weight is 179 g/mol. The largest absolute Gasteiger partial charge is 0.497 e. The molecule has 3 heteroatoms. The highest BCUT2D eigenvalue weighted by molar-refractivity contribution is 5.62. The van der Waals surface area contributed by atoms with Crippen molar-refractivity contribution in [3.05, 3.63) is 18.2 Å². The van der Waals surface area contributed by atoms with Crippen LogP contribution in [-0.2, 0) is 0 Å². The lowest BCUT2D eigenvalue weighted by molar-refractivity contribution is 0.310. The summed E-state index contributed by atoms with van der Waals surface area (Å²) in [6.07, 6.45) is 0. The summed E-state index contributed by atoms with van der Waals surface area (Å²) in [6, 6.07) is 5.86. The van der Waals surface area contributed by atoms with Crippen molar-refractivity contribution in [1.29, 1.82) is 0 Å². The zero-order valence-electron chi connectivity index (χ0n) is 7.91. The number of nitrogens with zero attached hydrogens (tertiary/aromatic N) is 1. The molecule has 0 radical (unpaired) electrons. The SMILES string of the molecule is COc1ccc2c(c1)N(C)CCO2. The molecule has 1 heterocycles. The molecule has 0 aromatic heterocycles. The number of benzene rings is 1. The number of likely N-dealkylation sites (N-methyl/N-ethyl adjacent to an activating group) is 1. The fraction of sp³-hybridized carbons (Fsp3) is 0.400. The zero-order chi connectivity index (χ0) is 9.26. The fourth-order valence-corrected chi connectivity index (χ4v) is 1.46. The van der Waals surface area contributed by atoms with E-state index < -0.39 is 0 Å². The minimum absolute atomic E-state index is 0.760. The van der Waals surface area contributed by atoms with Crippen LogP contribution in [0.5, 0.6) is 11.5 Å². The van der Waals surface area contributed by atoms with Crippen LogP contribution in [0.4, 0.5) is 5.69 Å². The van der Waals surface area contributed by atoms with Gasteiger partial charge in [0.05, 0.1) is 19.3 Å². The van der Waals surface area contributed by atoms with E-state index in [4.69, 9.17) is 9.47 Å². The van der Waals surface area contributed by atoms with Crippen LogP contribution in [0, 0.1) is 0 Å². The quantitative estimate of drug-likeness (QED) is 0.652. The molecule has 0 atom stereocenters. The highest BCUT2D eigenvalue weighted by Gasteiger charge is 2.14. The summed E-state index contributed by atoms with van der Waals surface area (Å²) in [4.78, 5) is 2.17. The number of hydrogen-bond acceptors (Lipinski definition) is 3. The van der Waals surface area contributed by atoms with Gasteiger partial charge in [-0.3, -0.25) is 0 Å². The Kier molecular flexibility index (Phi) is 2.00. The van der Waals surface area contributed by atoms with Gasteiger partial charge < -0.3 is 14.4 Å². The van der Waals surface area contributed by atoms with E-state index in [-0.39, 0.29) is 0 Å². The van der Waals surface area contributed by atoms with Crippen LogP contribution in [0.25, 0.3) is 0 Å². The minimum Gasteiger partial charge on any atom is -0.497 e. The van der Waals surface area contributed by atoms with Gasteiger partial charge in [0.25, 0.3) is 0 Å². The molecule has 3 nitrogen and oxygen atoms in total. The summed E-state index contributed by atoms with van der Waals surface area (Å²) >= 11 is 0. The number of anilines is 1. The third-order valence-corrected chi connectivity index (χ3v) is 2.26. The van der Waals surface area contributed by atoms with E-state index in [9.17, 15) is 0 Å². The van der Waals surface area contributed by atoms with E-state index in [0.717, 1.165) is 30.3 Å². The molecule has 2 rings (SSSR count). The molecule has 1 aliphatic rings. The second kappa shape index (κ2) is 3.17. The van der Waals surface area contributed by atoms with Gasteiger partial charge in [-0.2, -0.15) is 0 Å². The maximum atomic E-state index is 5.50. The Morgan fingerprint density at radius 2 is 2.31 bits per heavy atom. The van der Waals surface area contributed by atoms with Gasteiger partial charge in [0.1, 0.15) is 18.1 Å². The average Bonchev–Trinajstić information content (AvgIpc) is 2.18. The summed E-state index contributed by atoms with van der Waals surface area (Å²) < 4.78 is 10.6. The summed E-state index contributed by atoms with van der Waals surface area (Å²) in [6.45, 7) is 1.69. The Morgan fingerprint density at radius 1 is 1.46 bits per heavy atom. The van der Waals surface area contributed by atoms with Gasteiger partial charge in [-0.05, 0) is 12.1 Å². The molecule has 0 N–H and O–H groups in total. The van der Waals surface area contributed by atoms with E-state index in [0.29, 0.717) is 0 Å². The van der Waals surface area contributed by atoms with Gasteiger partial charge in [-0.1, -0.05) is 0 Å². The van der Waals surface area contributed by atoms with Crippen molar-refractivity contribution in [2.24, 2.45) is 0 Å². The topological polar surface area (TPSA) is 21.7 Å². The van der Waals surface area contributed by atoms with Crippen LogP contribution in [0.15, 0.2) is 18.2 Å². The Balaban J connectivity index is 2.41. The molecule has 0 bridgehead atoms. The van der Waals surface area contributed by atoms with Gasteiger partial charge in [0.15, 0.2) is 0 Å². The lowest BCUT2D eigenvalue weighted by Gasteiger charge is -2.27. The van der Waals surface area contributed by atoms with Crippen LogP contribution < -0.4 is 14.4 Å². The van der Waals surface area contributed by atoms with Crippen molar-refractivity contribution in [3.8, 4) is 11.5 Å². The van der Waals surface area contributed by atoms with Gasteiger partial charge in [-0.25, -0.2) is 0 Å². The van der Waals surface area contributed by atoms with Crippen LogP contribution in [0.2, 0.25) is 0 Å². The number of ether oxygens (including phenoxy) is 2. The lowest BCUT2D eigenvalue weighted by Crippen LogP contribution is -2.28. The zero-order valence-corrected chi connectivity index (χ0v) is 7.91. The van der Waals surface area contributed by atoms with Crippen molar-refractivity contribution in [2.75, 3.05) is 32.2 Å². The normalized spacial score (nSPS) is 14.8. The third kappa shape index (κ3) is 1.41. The maximum Gasteiger partial charge on any atom is 0.142 e. The van der Waals surface area contributed by atoms with Crippen molar-refractivity contribution in [1.82, 2.24) is 0 Å². The van der Waals surface area contributed by atoms with Crippen LogP contribution in [0.1, 0.15) is 0 Å². The predicted molar refractivity (Wildman–Crippen MR) is 51.8 cm³/mol. The molecule has 0 unspecified atom stereocenters. The molecule has 0 fully saturated rings. The Hall–Kier alpha value is -1.38. The fourth-order valence-electron chi connectivity index (χ4n) is 1.46. The first-order valence-electron chi connectivity index (χ1n) is 4.33. The monoisotopic (exact) mass is 179 g/mol. The minimum atomic E-state index is 0.760. The standard InChI is InChI=1S/C10H13NO2/c1-11-5-6-13-10-4-3-8(12-2)7-9(10)11/h3-4,7H,5-6H2,1-2H3. The molecule has 70 valence electrons. The molecular formula is C10H13NO2. The van der Waals surface area contributed by atoms with E-state index in [1.807, 2.05) is 18.2 Å². The number of rotatable bonds is 1. The third-order valence-electron chi connectivity index (χ3n) is 2.26. The van der Waals surface area contributed by atoms with Gasteiger partial charge in [0, 0.05) is 13.1 Å². The Labute approximate surface area is 77.9 Å². The number of hydrogen-bond donors (Lipinski definition) is 0. The van der Waals surface area contributed by atoms with E-state index in [2.05, 4.69) is 11.9 Å². The van der Waals surface area contributed by atoms with Crippen LogP contribution in [0.3, 0.4) is 0 Å². The highest BCUT2D eigenvalue weighted by atomic mass is 16.5. The molecule has 0 spiro atoms. The van der Waals surface area contributed by atoms with E-state index >= 15 is 0 Å². The molecule has 1 aromatic carbocycles. The van der Waals surface area contributed by atoms with Crippen molar-refractivity contribution in [2.45, 2.75) is 0 Å². The highest BCUT2D eigenvalue weighted by Crippen LogP contribution is 2.33. The second-order valence-corrected chi connectivity index (χ2v) is 3.10. The van der Waals surface area contributed by atoms with Gasteiger partial charge in [-0.15, -0.1) is 0 Å². The molecule has 13 heavy (non-hydrogen) atoms. The van der Waals surface area contributed by atoms with Gasteiger partial charge in [0.2, 0.25) is 0 Å². The first kappa shape index (κ1) is 8.23. The van der Waals surface area contributed by atoms with E-state index in [1.54, 1.807) is 7.11 Å². The van der Waals surface area contributed by atoms with Crippen molar-refractivity contribution in [3.63, 3.8) is 0 Å². The molecule has 1 aromatic rings. The smallest absolute Gasteiger partial charge is 0.142 e. The first-order chi connectivity index (χ1) is 6.31. The van der Waals surface area contributed by atoms with E-state index in [1.165, 1.54) is 0 Å². The number of methoxy groups -OCH3 is 1. The molecule has 0 aliphatic carbocycles. The predicted octanol–water partition coefficient (Wildman–Crippen LogP) is 1.52. The summed E-state index contributed by atoms with van der Waals surface area (Å²) in [5.41, 5.74) is 1.10. The van der Waals surface area contributed by atoms with Crippen molar-refractivity contribution >= 4 is 5.69 Å². The maximum absolute atomic E-state index is 5.50. The van der Waals surface area contributed by atoms with Crippen molar-refractivity contribution < 1.29 is 9.47 Å². The van der Waals surface area contributed by atoms with Crippen LogP contribution >= 0.6 is 0 Å². The Bertz CT molecular complexity index is 312. The molecular weight excluding hydrogens is 166 g/mol. The Morgan fingerprint density at radius 3 is 3.08 bits per heavy atom. The van der Waals surface area contributed by atoms with Crippen LogP contribution in [-0.4, -0.2) is 27.3 Å².